The van der Waals surface area contributed by atoms with E-state index >= 15 is 0 Å². The normalized spacial score (nSPS) is 13.6. The molecule has 0 aromatic rings. The van der Waals surface area contributed by atoms with Crippen LogP contribution in [-0.2, 0) is 0 Å². The van der Waals surface area contributed by atoms with Crippen LogP contribution in [0.2, 0.25) is 0 Å². The number of fused-ring (bicyclic) bond motifs is 2. The molecule has 0 aromatic carbocycles. The summed E-state index contributed by atoms with van der Waals surface area (Å²) in [4.78, 5) is 11.1. The van der Waals surface area contributed by atoms with Crippen molar-refractivity contribution in [1.82, 2.24) is 0 Å². The van der Waals surface area contributed by atoms with Gasteiger partial charge in [0.15, 0.2) is 16.9 Å². The second-order valence-corrected chi connectivity index (χ2v) is 3.39. The number of hydrogen-bond donors (Lipinski definition) is 0. The van der Waals surface area contributed by atoms with Crippen LogP contribution in [-0.4, -0.2) is 6.61 Å². The monoisotopic (exact) mass is 200 g/mol. The van der Waals surface area contributed by atoms with E-state index in [-0.39, 0.29) is 5.43 Å². The maximum Gasteiger partial charge on any atom is 0.182 e. The average molecular weight is 200 g/mol. The van der Waals surface area contributed by atoms with Gasteiger partial charge in [-0.3, -0.25) is 4.79 Å². The molecule has 3 rings (SSSR count). The first kappa shape index (κ1) is 8.29. The third-order valence-corrected chi connectivity index (χ3v) is 2.34. The molecule has 0 fully saturated rings. The predicted octanol–water partition coefficient (Wildman–Crippen LogP) is 2.15. The SMILES string of the molecule is O=c1ccc2cc3c(oc-2c1)C=CCO3. The van der Waals surface area contributed by atoms with Crippen LogP contribution in [0, 0.1) is 0 Å². The topological polar surface area (TPSA) is 39.4 Å². The molecule has 0 spiro atoms. The van der Waals surface area contributed by atoms with Crippen molar-refractivity contribution in [3.05, 3.63) is 46.3 Å². The molecule has 2 heterocycles. The molecule has 74 valence electrons. The lowest BCUT2D eigenvalue weighted by atomic mass is 10.1. The van der Waals surface area contributed by atoms with Crippen LogP contribution in [0.1, 0.15) is 5.76 Å². The van der Waals surface area contributed by atoms with Crippen molar-refractivity contribution in [1.29, 1.82) is 0 Å². The highest BCUT2D eigenvalue weighted by Gasteiger charge is 2.13. The van der Waals surface area contributed by atoms with Crippen LogP contribution < -0.4 is 10.2 Å². The molecule has 0 unspecified atom stereocenters. The first-order chi connectivity index (χ1) is 7.33. The lowest BCUT2D eigenvalue weighted by molar-refractivity contribution is 0.339. The molecule has 0 atom stereocenters. The van der Waals surface area contributed by atoms with E-state index < -0.39 is 0 Å². The fourth-order valence-corrected chi connectivity index (χ4v) is 1.63. The molecule has 15 heavy (non-hydrogen) atoms. The van der Waals surface area contributed by atoms with Crippen LogP contribution in [0.4, 0.5) is 0 Å². The van der Waals surface area contributed by atoms with Crippen molar-refractivity contribution in [2.24, 2.45) is 0 Å². The van der Waals surface area contributed by atoms with Crippen molar-refractivity contribution >= 4 is 6.08 Å². The maximum atomic E-state index is 11.1. The van der Waals surface area contributed by atoms with Gasteiger partial charge in [0.25, 0.3) is 0 Å². The van der Waals surface area contributed by atoms with Gasteiger partial charge in [0.05, 0.1) is 0 Å². The predicted molar refractivity (Wildman–Crippen MR) is 56.1 cm³/mol. The molecule has 0 saturated carbocycles. The Bertz CT molecular complexity index is 566. The average Bonchev–Trinajstić information content (AvgIpc) is 2.26. The molecule has 1 aliphatic carbocycles. The summed E-state index contributed by atoms with van der Waals surface area (Å²) in [5.74, 6) is 1.99. The van der Waals surface area contributed by atoms with Gasteiger partial charge in [-0.15, -0.1) is 0 Å². The summed E-state index contributed by atoms with van der Waals surface area (Å²) < 4.78 is 11.0. The highest BCUT2D eigenvalue weighted by Crippen LogP contribution is 2.32. The van der Waals surface area contributed by atoms with Crippen LogP contribution in [0.5, 0.6) is 5.75 Å². The fraction of sp³-hybridized carbons (Fsp3) is 0.0833. The molecule has 0 saturated heterocycles. The minimum atomic E-state index is -0.0492. The van der Waals surface area contributed by atoms with Crippen LogP contribution in [0.25, 0.3) is 17.4 Å². The number of rotatable bonds is 0. The molecular weight excluding hydrogens is 192 g/mol. The lowest BCUT2D eigenvalue weighted by Crippen LogP contribution is -2.03. The molecule has 3 heteroatoms. The molecule has 3 nitrogen and oxygen atoms in total. The summed E-state index contributed by atoms with van der Waals surface area (Å²) in [7, 11) is 0. The largest absolute Gasteiger partial charge is 0.486 e. The smallest absolute Gasteiger partial charge is 0.182 e. The highest BCUT2D eigenvalue weighted by molar-refractivity contribution is 5.65. The summed E-state index contributed by atoms with van der Waals surface area (Å²) in [5, 5.41) is 0. The van der Waals surface area contributed by atoms with Crippen molar-refractivity contribution in [3.8, 4) is 17.1 Å². The van der Waals surface area contributed by atoms with Gasteiger partial charge >= 0.3 is 0 Å². The van der Waals surface area contributed by atoms with E-state index in [0.29, 0.717) is 18.1 Å². The van der Waals surface area contributed by atoms with Gasteiger partial charge in [-0.25, -0.2) is 0 Å². The van der Waals surface area contributed by atoms with Gasteiger partial charge in [0.2, 0.25) is 0 Å². The minimum absolute atomic E-state index is 0.0492. The Morgan fingerprint density at radius 3 is 3.07 bits per heavy atom. The minimum Gasteiger partial charge on any atom is -0.486 e. The molecule has 0 radical (unpaired) electrons. The Hall–Kier alpha value is -2.03. The van der Waals surface area contributed by atoms with Gasteiger partial charge in [0, 0.05) is 11.6 Å². The fourth-order valence-electron chi connectivity index (χ4n) is 1.63. The number of ether oxygens (including phenoxy) is 1. The maximum absolute atomic E-state index is 11.1. The number of benzene rings is 1. The third-order valence-electron chi connectivity index (χ3n) is 2.34. The Kier molecular flexibility index (Phi) is 1.65. The van der Waals surface area contributed by atoms with Crippen molar-refractivity contribution in [2.45, 2.75) is 0 Å². The van der Waals surface area contributed by atoms with Gasteiger partial charge in [-0.05, 0) is 30.4 Å². The van der Waals surface area contributed by atoms with E-state index in [4.69, 9.17) is 9.15 Å². The van der Waals surface area contributed by atoms with Crippen LogP contribution >= 0.6 is 0 Å². The zero-order valence-corrected chi connectivity index (χ0v) is 7.90. The van der Waals surface area contributed by atoms with Gasteiger partial charge in [-0.1, -0.05) is 0 Å². The van der Waals surface area contributed by atoms with E-state index in [9.17, 15) is 4.79 Å². The molecule has 0 aromatic heterocycles. The Morgan fingerprint density at radius 1 is 1.20 bits per heavy atom. The Morgan fingerprint density at radius 2 is 2.13 bits per heavy atom. The molecule has 0 bridgehead atoms. The summed E-state index contributed by atoms with van der Waals surface area (Å²) in [6, 6.07) is 6.63. The van der Waals surface area contributed by atoms with Gasteiger partial charge in [-0.2, -0.15) is 0 Å². The second-order valence-electron chi connectivity index (χ2n) is 3.39. The van der Waals surface area contributed by atoms with E-state index in [1.165, 1.54) is 12.1 Å². The highest BCUT2D eigenvalue weighted by atomic mass is 16.5. The van der Waals surface area contributed by atoms with E-state index in [1.54, 1.807) is 6.07 Å². The van der Waals surface area contributed by atoms with Crippen molar-refractivity contribution in [3.63, 3.8) is 0 Å². The number of hydrogen-bond acceptors (Lipinski definition) is 3. The second kappa shape index (κ2) is 2.98. The summed E-state index contributed by atoms with van der Waals surface area (Å²) in [6.07, 6.45) is 3.73. The van der Waals surface area contributed by atoms with Gasteiger partial charge < -0.3 is 9.15 Å². The van der Waals surface area contributed by atoms with Gasteiger partial charge in [0.1, 0.15) is 12.4 Å². The lowest BCUT2D eigenvalue weighted by Gasteiger charge is -2.14. The molecule has 2 aliphatic heterocycles. The molecule has 0 amide bonds. The third kappa shape index (κ3) is 1.32. The summed E-state index contributed by atoms with van der Waals surface area (Å²) in [5.41, 5.74) is 0.829. The summed E-state index contributed by atoms with van der Waals surface area (Å²) >= 11 is 0. The van der Waals surface area contributed by atoms with E-state index in [0.717, 1.165) is 11.3 Å². The first-order valence-corrected chi connectivity index (χ1v) is 4.70. The van der Waals surface area contributed by atoms with Crippen LogP contribution in [0.15, 0.2) is 39.6 Å². The molecular formula is C12H8O3. The first-order valence-electron chi connectivity index (χ1n) is 4.70. The Balaban J connectivity index is 2.33. The van der Waals surface area contributed by atoms with Crippen LogP contribution in [0.3, 0.4) is 0 Å². The zero-order chi connectivity index (χ0) is 10.3. The molecule has 0 N–H and O–H groups in total. The zero-order valence-electron chi connectivity index (χ0n) is 7.90. The molecule has 3 aliphatic rings. The Labute approximate surface area is 85.9 Å². The standard InChI is InChI=1S/C12H8O3/c13-9-4-3-8-6-12-10(2-1-5-14-12)15-11(8)7-9/h1-4,6-7H,5H2. The quantitative estimate of drug-likeness (QED) is 0.654. The summed E-state index contributed by atoms with van der Waals surface area (Å²) in [6.45, 7) is 0.563. The van der Waals surface area contributed by atoms with E-state index in [1.807, 2.05) is 18.2 Å². The van der Waals surface area contributed by atoms with Crippen molar-refractivity contribution < 1.29 is 9.15 Å². The van der Waals surface area contributed by atoms with E-state index in [2.05, 4.69) is 0 Å². The van der Waals surface area contributed by atoms with Crippen molar-refractivity contribution in [2.75, 3.05) is 6.61 Å².